The van der Waals surface area contributed by atoms with E-state index in [4.69, 9.17) is 0 Å². The van der Waals surface area contributed by atoms with Gasteiger partial charge in [-0.2, -0.15) is 0 Å². The Morgan fingerprint density at radius 3 is 2.35 bits per heavy atom. The second kappa shape index (κ2) is 8.30. The van der Waals surface area contributed by atoms with Crippen molar-refractivity contribution in [1.82, 2.24) is 4.90 Å². The molecular formula is C16H27N. The second-order valence-corrected chi connectivity index (χ2v) is 5.28. The Kier molecular flexibility index (Phi) is 6.95. The fourth-order valence-corrected chi connectivity index (χ4v) is 2.12. The molecule has 0 radical (unpaired) electrons. The molecule has 0 amide bonds. The van der Waals surface area contributed by atoms with E-state index in [0.29, 0.717) is 0 Å². The Bertz CT molecular complexity index is 279. The number of benzene rings is 1. The third kappa shape index (κ3) is 6.48. The van der Waals surface area contributed by atoms with Crippen LogP contribution in [0.5, 0.6) is 0 Å². The fourth-order valence-electron chi connectivity index (χ4n) is 2.12. The van der Waals surface area contributed by atoms with Crippen LogP contribution in [0, 0.1) is 5.92 Å². The van der Waals surface area contributed by atoms with Crippen molar-refractivity contribution in [3.8, 4) is 0 Å². The first-order chi connectivity index (χ1) is 8.22. The summed E-state index contributed by atoms with van der Waals surface area (Å²) in [6, 6.07) is 10.8. The van der Waals surface area contributed by atoms with Gasteiger partial charge in [-0.25, -0.2) is 0 Å². The second-order valence-electron chi connectivity index (χ2n) is 5.28. The Balaban J connectivity index is 2.37. The lowest BCUT2D eigenvalue weighted by Crippen LogP contribution is -2.30. The van der Waals surface area contributed by atoms with Gasteiger partial charge in [-0.05, 0) is 30.9 Å². The maximum Gasteiger partial charge on any atom is 0.00219 e. The number of hydrogen-bond donors (Lipinski definition) is 0. The van der Waals surface area contributed by atoms with Crippen LogP contribution in [-0.2, 0) is 6.42 Å². The van der Waals surface area contributed by atoms with Gasteiger partial charge in [0.1, 0.15) is 0 Å². The molecule has 0 bridgehead atoms. The first-order valence-corrected chi connectivity index (χ1v) is 6.98. The zero-order chi connectivity index (χ0) is 12.5. The SMILES string of the molecule is CCCCN(CCc1ccccc1)CC(C)C. The van der Waals surface area contributed by atoms with Crippen molar-refractivity contribution in [3.63, 3.8) is 0 Å². The van der Waals surface area contributed by atoms with E-state index in [1.165, 1.54) is 44.5 Å². The molecule has 0 atom stereocenters. The van der Waals surface area contributed by atoms with Crippen LogP contribution in [0.2, 0.25) is 0 Å². The number of unbranched alkanes of at least 4 members (excludes halogenated alkanes) is 1. The lowest BCUT2D eigenvalue weighted by molar-refractivity contribution is 0.243. The molecule has 1 nitrogen and oxygen atoms in total. The van der Waals surface area contributed by atoms with E-state index in [1.54, 1.807) is 0 Å². The predicted octanol–water partition coefficient (Wildman–Crippen LogP) is 3.99. The van der Waals surface area contributed by atoms with E-state index < -0.39 is 0 Å². The molecule has 0 heterocycles. The van der Waals surface area contributed by atoms with E-state index in [0.717, 1.165) is 5.92 Å². The maximum absolute atomic E-state index is 2.61. The van der Waals surface area contributed by atoms with E-state index >= 15 is 0 Å². The highest BCUT2D eigenvalue weighted by molar-refractivity contribution is 5.14. The summed E-state index contributed by atoms with van der Waals surface area (Å²) < 4.78 is 0. The third-order valence-electron chi connectivity index (χ3n) is 3.01. The van der Waals surface area contributed by atoms with Crippen LogP contribution in [0.3, 0.4) is 0 Å². The summed E-state index contributed by atoms with van der Waals surface area (Å²) >= 11 is 0. The van der Waals surface area contributed by atoms with Gasteiger partial charge in [-0.15, -0.1) is 0 Å². The van der Waals surface area contributed by atoms with E-state index in [2.05, 4.69) is 56.0 Å². The lowest BCUT2D eigenvalue weighted by Gasteiger charge is -2.24. The van der Waals surface area contributed by atoms with Gasteiger partial charge in [-0.3, -0.25) is 0 Å². The number of rotatable bonds is 8. The number of hydrogen-bond acceptors (Lipinski definition) is 1. The van der Waals surface area contributed by atoms with Crippen LogP contribution in [0.25, 0.3) is 0 Å². The molecule has 96 valence electrons. The Morgan fingerprint density at radius 1 is 1.06 bits per heavy atom. The van der Waals surface area contributed by atoms with Gasteiger partial charge in [0.15, 0.2) is 0 Å². The van der Waals surface area contributed by atoms with Crippen LogP contribution < -0.4 is 0 Å². The van der Waals surface area contributed by atoms with Crippen LogP contribution in [0.1, 0.15) is 39.2 Å². The lowest BCUT2D eigenvalue weighted by atomic mass is 10.1. The van der Waals surface area contributed by atoms with E-state index in [9.17, 15) is 0 Å². The van der Waals surface area contributed by atoms with Gasteiger partial charge in [0.2, 0.25) is 0 Å². The molecule has 0 aliphatic heterocycles. The molecular weight excluding hydrogens is 206 g/mol. The van der Waals surface area contributed by atoms with Gasteiger partial charge < -0.3 is 4.90 Å². The van der Waals surface area contributed by atoms with Gasteiger partial charge in [0, 0.05) is 13.1 Å². The Hall–Kier alpha value is -0.820. The normalized spacial score (nSPS) is 11.4. The van der Waals surface area contributed by atoms with Crippen molar-refractivity contribution in [2.45, 2.75) is 40.0 Å². The summed E-state index contributed by atoms with van der Waals surface area (Å²) in [5.41, 5.74) is 1.46. The quantitative estimate of drug-likeness (QED) is 0.656. The molecule has 0 aliphatic rings. The highest BCUT2D eigenvalue weighted by Crippen LogP contribution is 2.05. The summed E-state index contributed by atoms with van der Waals surface area (Å²) in [7, 11) is 0. The summed E-state index contributed by atoms with van der Waals surface area (Å²) in [6.45, 7) is 10.6. The smallest absolute Gasteiger partial charge is 0.00219 e. The molecule has 0 aromatic heterocycles. The zero-order valence-electron chi connectivity index (χ0n) is 11.7. The van der Waals surface area contributed by atoms with Crippen molar-refractivity contribution in [2.75, 3.05) is 19.6 Å². The molecule has 1 aromatic carbocycles. The largest absolute Gasteiger partial charge is 0.303 e. The molecule has 1 aromatic rings. The molecule has 0 saturated heterocycles. The van der Waals surface area contributed by atoms with Crippen LogP contribution >= 0.6 is 0 Å². The first-order valence-electron chi connectivity index (χ1n) is 6.98. The first kappa shape index (κ1) is 14.2. The van der Waals surface area contributed by atoms with Crippen molar-refractivity contribution < 1.29 is 0 Å². The molecule has 17 heavy (non-hydrogen) atoms. The van der Waals surface area contributed by atoms with Crippen molar-refractivity contribution in [2.24, 2.45) is 5.92 Å². The van der Waals surface area contributed by atoms with Crippen molar-refractivity contribution in [3.05, 3.63) is 35.9 Å². The molecule has 0 spiro atoms. The summed E-state index contributed by atoms with van der Waals surface area (Å²) in [6.07, 6.45) is 3.79. The van der Waals surface area contributed by atoms with Gasteiger partial charge >= 0.3 is 0 Å². The van der Waals surface area contributed by atoms with E-state index in [-0.39, 0.29) is 0 Å². The average Bonchev–Trinajstić information content (AvgIpc) is 2.33. The van der Waals surface area contributed by atoms with Crippen LogP contribution in [0.15, 0.2) is 30.3 Å². The molecule has 0 saturated carbocycles. The van der Waals surface area contributed by atoms with E-state index in [1.807, 2.05) is 0 Å². The molecule has 1 heteroatoms. The standard InChI is InChI=1S/C16H27N/c1-4-5-12-17(14-15(2)3)13-11-16-9-7-6-8-10-16/h6-10,15H,4-5,11-14H2,1-3H3. The predicted molar refractivity (Wildman–Crippen MR) is 76.3 cm³/mol. The summed E-state index contributed by atoms with van der Waals surface area (Å²) in [5.74, 6) is 0.766. The van der Waals surface area contributed by atoms with Gasteiger partial charge in [0.25, 0.3) is 0 Å². The topological polar surface area (TPSA) is 3.24 Å². The molecule has 0 aliphatic carbocycles. The van der Waals surface area contributed by atoms with Gasteiger partial charge in [0.05, 0.1) is 0 Å². The van der Waals surface area contributed by atoms with Crippen molar-refractivity contribution in [1.29, 1.82) is 0 Å². The average molecular weight is 233 g/mol. The Morgan fingerprint density at radius 2 is 1.76 bits per heavy atom. The minimum atomic E-state index is 0.766. The minimum Gasteiger partial charge on any atom is -0.303 e. The molecule has 0 unspecified atom stereocenters. The zero-order valence-corrected chi connectivity index (χ0v) is 11.7. The Labute approximate surface area is 107 Å². The van der Waals surface area contributed by atoms with Gasteiger partial charge in [-0.1, -0.05) is 57.5 Å². The number of nitrogens with zero attached hydrogens (tertiary/aromatic N) is 1. The summed E-state index contributed by atoms with van der Waals surface area (Å²) in [4.78, 5) is 2.61. The highest BCUT2D eigenvalue weighted by Gasteiger charge is 2.06. The maximum atomic E-state index is 2.61. The monoisotopic (exact) mass is 233 g/mol. The fraction of sp³-hybridized carbons (Fsp3) is 0.625. The molecule has 0 N–H and O–H groups in total. The highest BCUT2D eigenvalue weighted by atomic mass is 15.1. The summed E-state index contributed by atoms with van der Waals surface area (Å²) in [5, 5.41) is 0. The van der Waals surface area contributed by atoms with Crippen molar-refractivity contribution >= 4 is 0 Å². The minimum absolute atomic E-state index is 0.766. The molecule has 1 rings (SSSR count). The van der Waals surface area contributed by atoms with Crippen LogP contribution in [0.4, 0.5) is 0 Å². The van der Waals surface area contributed by atoms with Crippen LogP contribution in [-0.4, -0.2) is 24.5 Å². The third-order valence-corrected chi connectivity index (χ3v) is 3.01. The molecule has 0 fully saturated rings.